The summed E-state index contributed by atoms with van der Waals surface area (Å²) in [7, 11) is 0. The first-order chi connectivity index (χ1) is 8.91. The second-order valence-electron chi connectivity index (χ2n) is 3.61. The third-order valence-electron chi connectivity index (χ3n) is 2.17. The number of amides is 2. The van der Waals surface area contributed by atoms with E-state index in [4.69, 9.17) is 17.3 Å². The van der Waals surface area contributed by atoms with Crippen molar-refractivity contribution in [3.63, 3.8) is 0 Å². The Bertz CT molecular complexity index is 520. The van der Waals surface area contributed by atoms with Crippen molar-refractivity contribution < 1.29 is 14.5 Å². The van der Waals surface area contributed by atoms with Crippen LogP contribution in [-0.4, -0.2) is 28.3 Å². The zero-order valence-corrected chi connectivity index (χ0v) is 10.5. The fourth-order valence-corrected chi connectivity index (χ4v) is 1.45. The minimum atomic E-state index is -0.673. The van der Waals surface area contributed by atoms with Crippen molar-refractivity contribution in [3.8, 4) is 0 Å². The van der Waals surface area contributed by atoms with Gasteiger partial charge in [-0.25, -0.2) is 4.98 Å². The van der Waals surface area contributed by atoms with E-state index in [-0.39, 0.29) is 29.4 Å². The summed E-state index contributed by atoms with van der Waals surface area (Å²) >= 11 is 5.69. The van der Waals surface area contributed by atoms with E-state index in [0.717, 1.165) is 12.3 Å². The fraction of sp³-hybridized carbons (Fsp3) is 0.300. The first-order valence-corrected chi connectivity index (χ1v) is 5.66. The van der Waals surface area contributed by atoms with Gasteiger partial charge in [-0.1, -0.05) is 11.6 Å². The Hall–Kier alpha value is -2.22. The Morgan fingerprint density at radius 1 is 1.53 bits per heavy atom. The van der Waals surface area contributed by atoms with Crippen molar-refractivity contribution in [1.82, 2.24) is 10.3 Å². The summed E-state index contributed by atoms with van der Waals surface area (Å²) in [5, 5.41) is 12.9. The molecule has 102 valence electrons. The second-order valence-corrected chi connectivity index (χ2v) is 3.97. The summed E-state index contributed by atoms with van der Waals surface area (Å²) < 4.78 is 0. The van der Waals surface area contributed by atoms with Gasteiger partial charge in [0.25, 0.3) is 11.6 Å². The van der Waals surface area contributed by atoms with Crippen molar-refractivity contribution in [2.24, 2.45) is 5.73 Å². The fourth-order valence-electron chi connectivity index (χ4n) is 1.26. The summed E-state index contributed by atoms with van der Waals surface area (Å²) in [6.07, 6.45) is 1.48. The largest absolute Gasteiger partial charge is 0.370 e. The standard InChI is InChI=1S/C10H11ClN4O4/c11-9-7(4-6(5-14-9)15(18)19)10(17)13-3-1-2-8(12)16/h4-5H,1-3H2,(H2,12,16)(H,13,17). The highest BCUT2D eigenvalue weighted by molar-refractivity contribution is 6.32. The molecule has 0 saturated carbocycles. The third kappa shape index (κ3) is 4.51. The van der Waals surface area contributed by atoms with E-state index in [1.165, 1.54) is 0 Å². The number of hydrogen-bond acceptors (Lipinski definition) is 5. The summed E-state index contributed by atoms with van der Waals surface area (Å²) in [5.74, 6) is -1.06. The first kappa shape index (κ1) is 14.8. The molecule has 3 N–H and O–H groups in total. The summed E-state index contributed by atoms with van der Waals surface area (Å²) in [5.41, 5.74) is 4.52. The summed E-state index contributed by atoms with van der Waals surface area (Å²) in [4.78, 5) is 35.7. The van der Waals surface area contributed by atoms with Gasteiger partial charge >= 0.3 is 0 Å². The van der Waals surface area contributed by atoms with Crippen LogP contribution in [0.4, 0.5) is 5.69 Å². The number of hydrogen-bond donors (Lipinski definition) is 2. The van der Waals surface area contributed by atoms with E-state index in [9.17, 15) is 19.7 Å². The molecule has 9 heteroatoms. The molecule has 0 spiro atoms. The highest BCUT2D eigenvalue weighted by atomic mass is 35.5. The van der Waals surface area contributed by atoms with Crippen LogP contribution < -0.4 is 11.1 Å². The number of aromatic nitrogens is 1. The van der Waals surface area contributed by atoms with Crippen molar-refractivity contribution in [1.29, 1.82) is 0 Å². The summed E-state index contributed by atoms with van der Waals surface area (Å²) in [6.45, 7) is 0.209. The normalized spacial score (nSPS) is 9.95. The Morgan fingerprint density at radius 2 is 2.21 bits per heavy atom. The number of nitrogens with one attached hydrogen (secondary N) is 1. The minimum absolute atomic E-state index is 0.0880. The predicted octanol–water partition coefficient (Wildman–Crippen LogP) is 0.638. The van der Waals surface area contributed by atoms with E-state index < -0.39 is 16.7 Å². The third-order valence-corrected chi connectivity index (χ3v) is 2.47. The number of nitrogens with two attached hydrogens (primary N) is 1. The van der Waals surface area contributed by atoms with Crippen LogP contribution in [-0.2, 0) is 4.79 Å². The molecule has 1 aromatic heterocycles. The lowest BCUT2D eigenvalue weighted by Gasteiger charge is -2.05. The van der Waals surface area contributed by atoms with Crippen molar-refractivity contribution >= 4 is 29.1 Å². The van der Waals surface area contributed by atoms with Gasteiger partial charge in [0.05, 0.1) is 10.5 Å². The SMILES string of the molecule is NC(=O)CCCNC(=O)c1cc([N+](=O)[O-])cnc1Cl. The monoisotopic (exact) mass is 286 g/mol. The van der Waals surface area contributed by atoms with Crippen LogP contribution in [0.5, 0.6) is 0 Å². The van der Waals surface area contributed by atoms with Gasteiger partial charge in [-0.15, -0.1) is 0 Å². The molecule has 1 rings (SSSR count). The molecule has 0 atom stereocenters. The quantitative estimate of drug-likeness (QED) is 0.343. The molecule has 0 radical (unpaired) electrons. The van der Waals surface area contributed by atoms with Gasteiger partial charge in [0, 0.05) is 19.0 Å². The maximum atomic E-state index is 11.7. The van der Waals surface area contributed by atoms with Gasteiger partial charge in [0.1, 0.15) is 11.3 Å². The van der Waals surface area contributed by atoms with Crippen LogP contribution >= 0.6 is 11.6 Å². The molecule has 1 heterocycles. The Morgan fingerprint density at radius 3 is 2.79 bits per heavy atom. The van der Waals surface area contributed by atoms with Gasteiger partial charge in [-0.3, -0.25) is 19.7 Å². The van der Waals surface area contributed by atoms with E-state index in [1.54, 1.807) is 0 Å². The van der Waals surface area contributed by atoms with Crippen molar-refractivity contribution in [2.45, 2.75) is 12.8 Å². The summed E-state index contributed by atoms with van der Waals surface area (Å²) in [6, 6.07) is 1.04. The van der Waals surface area contributed by atoms with Crippen LogP contribution in [0.15, 0.2) is 12.3 Å². The Balaban J connectivity index is 2.68. The Kier molecular flexibility index (Phi) is 5.19. The zero-order valence-electron chi connectivity index (χ0n) is 9.76. The number of rotatable bonds is 6. The van der Waals surface area contributed by atoms with E-state index in [1.807, 2.05) is 0 Å². The molecular weight excluding hydrogens is 276 g/mol. The molecule has 19 heavy (non-hydrogen) atoms. The molecule has 0 aliphatic heterocycles. The molecule has 0 aliphatic rings. The molecule has 0 saturated heterocycles. The molecule has 0 fully saturated rings. The molecule has 0 bridgehead atoms. The second kappa shape index (κ2) is 6.64. The van der Waals surface area contributed by atoms with E-state index >= 15 is 0 Å². The number of pyridine rings is 1. The van der Waals surface area contributed by atoms with Crippen LogP contribution in [0.1, 0.15) is 23.2 Å². The molecule has 1 aromatic rings. The number of primary amides is 1. The average Bonchev–Trinajstić information content (AvgIpc) is 2.34. The molecule has 2 amide bonds. The minimum Gasteiger partial charge on any atom is -0.370 e. The number of nitrogens with zero attached hydrogens (tertiary/aromatic N) is 2. The lowest BCUT2D eigenvalue weighted by Crippen LogP contribution is -2.26. The molecule has 0 aliphatic carbocycles. The predicted molar refractivity (Wildman–Crippen MR) is 66.7 cm³/mol. The number of carbonyl (C=O) groups excluding carboxylic acids is 2. The number of nitro groups is 1. The zero-order chi connectivity index (χ0) is 14.4. The number of carbonyl (C=O) groups is 2. The van der Waals surface area contributed by atoms with Gasteiger partial charge in [-0.2, -0.15) is 0 Å². The first-order valence-electron chi connectivity index (χ1n) is 5.28. The topological polar surface area (TPSA) is 128 Å². The van der Waals surface area contributed by atoms with Crippen LogP contribution in [0.3, 0.4) is 0 Å². The van der Waals surface area contributed by atoms with Crippen LogP contribution in [0.2, 0.25) is 5.15 Å². The Labute approximate surface area is 113 Å². The highest BCUT2D eigenvalue weighted by Gasteiger charge is 2.16. The van der Waals surface area contributed by atoms with Crippen molar-refractivity contribution in [3.05, 3.63) is 33.1 Å². The molecule has 8 nitrogen and oxygen atoms in total. The van der Waals surface area contributed by atoms with Crippen molar-refractivity contribution in [2.75, 3.05) is 6.54 Å². The van der Waals surface area contributed by atoms with Crippen LogP contribution in [0.25, 0.3) is 0 Å². The lowest BCUT2D eigenvalue weighted by molar-refractivity contribution is -0.385. The van der Waals surface area contributed by atoms with Gasteiger partial charge in [0.15, 0.2) is 0 Å². The average molecular weight is 287 g/mol. The van der Waals surface area contributed by atoms with Gasteiger partial charge in [0.2, 0.25) is 5.91 Å². The van der Waals surface area contributed by atoms with Gasteiger partial charge in [-0.05, 0) is 6.42 Å². The van der Waals surface area contributed by atoms with E-state index in [0.29, 0.717) is 6.42 Å². The maximum absolute atomic E-state index is 11.7. The smallest absolute Gasteiger partial charge is 0.288 e. The van der Waals surface area contributed by atoms with Gasteiger partial charge < -0.3 is 11.1 Å². The lowest BCUT2D eigenvalue weighted by atomic mass is 10.2. The maximum Gasteiger partial charge on any atom is 0.288 e. The molecule has 0 unspecified atom stereocenters. The highest BCUT2D eigenvalue weighted by Crippen LogP contribution is 2.18. The molecule has 0 aromatic carbocycles. The number of halogens is 1. The van der Waals surface area contributed by atoms with E-state index in [2.05, 4.69) is 10.3 Å². The molecular formula is C10H11ClN4O4. The van der Waals surface area contributed by atoms with Crippen LogP contribution in [0, 0.1) is 10.1 Å².